The minimum atomic E-state index is 0.270. The first-order chi connectivity index (χ1) is 10.3. The van der Waals surface area contributed by atoms with Crippen LogP contribution in [0.25, 0.3) is 16.5 Å². The fourth-order valence-electron chi connectivity index (χ4n) is 2.58. The molecule has 4 nitrogen and oxygen atoms in total. The molecular formula is C16H16ClN3O. The third-order valence-corrected chi connectivity index (χ3v) is 3.75. The summed E-state index contributed by atoms with van der Waals surface area (Å²) in [6.07, 6.45) is 1.82. The maximum Gasteiger partial charge on any atom is 0.152 e. The standard InChI is InChI=1S/C16H16ClN3O/c1-2-5-15-18-19-16(10-17)20(15)13-8-3-7-12-11(13)6-4-9-14(12)21/h3-4,6-9,21H,2,5,10H2,1H3. The number of benzene rings is 2. The number of rotatable bonds is 4. The van der Waals surface area contributed by atoms with Crippen molar-refractivity contribution in [2.75, 3.05) is 0 Å². The zero-order chi connectivity index (χ0) is 14.8. The van der Waals surface area contributed by atoms with Gasteiger partial charge < -0.3 is 5.11 Å². The molecule has 108 valence electrons. The van der Waals surface area contributed by atoms with E-state index in [2.05, 4.69) is 17.1 Å². The Morgan fingerprint density at radius 2 is 1.76 bits per heavy atom. The smallest absolute Gasteiger partial charge is 0.152 e. The molecule has 3 rings (SSSR count). The molecule has 0 unspecified atom stereocenters. The second-order valence-electron chi connectivity index (χ2n) is 4.90. The van der Waals surface area contributed by atoms with Crippen molar-refractivity contribution in [3.63, 3.8) is 0 Å². The number of aryl methyl sites for hydroxylation is 1. The summed E-state index contributed by atoms with van der Waals surface area (Å²) in [5.74, 6) is 2.18. The van der Waals surface area contributed by atoms with E-state index in [-0.39, 0.29) is 5.75 Å². The Labute approximate surface area is 128 Å². The minimum Gasteiger partial charge on any atom is -0.507 e. The van der Waals surface area contributed by atoms with E-state index in [1.165, 1.54) is 0 Å². The lowest BCUT2D eigenvalue weighted by Gasteiger charge is -2.12. The van der Waals surface area contributed by atoms with Crippen molar-refractivity contribution in [2.45, 2.75) is 25.6 Å². The van der Waals surface area contributed by atoms with Gasteiger partial charge in [-0.25, -0.2) is 0 Å². The van der Waals surface area contributed by atoms with Crippen molar-refractivity contribution < 1.29 is 5.11 Å². The van der Waals surface area contributed by atoms with Gasteiger partial charge in [0.2, 0.25) is 0 Å². The van der Waals surface area contributed by atoms with Crippen molar-refractivity contribution in [3.8, 4) is 11.4 Å². The van der Waals surface area contributed by atoms with Gasteiger partial charge in [-0.05, 0) is 18.6 Å². The molecular weight excluding hydrogens is 286 g/mol. The van der Waals surface area contributed by atoms with Gasteiger partial charge in [-0.2, -0.15) is 0 Å². The Morgan fingerprint density at radius 1 is 1.05 bits per heavy atom. The number of fused-ring (bicyclic) bond motifs is 1. The van der Waals surface area contributed by atoms with E-state index in [4.69, 9.17) is 11.6 Å². The van der Waals surface area contributed by atoms with Crippen molar-refractivity contribution in [2.24, 2.45) is 0 Å². The first-order valence-electron chi connectivity index (χ1n) is 6.96. The lowest BCUT2D eigenvalue weighted by Crippen LogP contribution is -2.05. The maximum absolute atomic E-state index is 10.0. The number of nitrogens with zero attached hydrogens (tertiary/aromatic N) is 3. The van der Waals surface area contributed by atoms with E-state index in [1.807, 2.05) is 34.9 Å². The molecule has 1 N–H and O–H groups in total. The molecule has 0 aliphatic rings. The van der Waals surface area contributed by atoms with Gasteiger partial charge in [-0.3, -0.25) is 4.57 Å². The van der Waals surface area contributed by atoms with Gasteiger partial charge in [0.05, 0.1) is 11.6 Å². The molecule has 0 fully saturated rings. The van der Waals surface area contributed by atoms with Crippen molar-refractivity contribution >= 4 is 22.4 Å². The number of aromatic nitrogens is 3. The fourth-order valence-corrected chi connectivity index (χ4v) is 2.75. The highest BCUT2D eigenvalue weighted by molar-refractivity contribution is 6.16. The normalized spacial score (nSPS) is 11.1. The number of aromatic hydroxyl groups is 1. The lowest BCUT2D eigenvalue weighted by atomic mass is 10.1. The fraction of sp³-hybridized carbons (Fsp3) is 0.250. The average molecular weight is 302 g/mol. The number of phenolic OH excluding ortho intramolecular Hbond substituents is 1. The molecule has 0 bridgehead atoms. The predicted molar refractivity (Wildman–Crippen MR) is 84.1 cm³/mol. The highest BCUT2D eigenvalue weighted by Crippen LogP contribution is 2.30. The third kappa shape index (κ3) is 2.36. The molecule has 0 saturated carbocycles. The van der Waals surface area contributed by atoms with Crippen molar-refractivity contribution in [3.05, 3.63) is 48.0 Å². The van der Waals surface area contributed by atoms with Gasteiger partial charge in [0.25, 0.3) is 0 Å². The largest absolute Gasteiger partial charge is 0.507 e. The molecule has 0 aliphatic carbocycles. The first-order valence-corrected chi connectivity index (χ1v) is 7.50. The summed E-state index contributed by atoms with van der Waals surface area (Å²) >= 11 is 6.01. The van der Waals surface area contributed by atoms with E-state index < -0.39 is 0 Å². The minimum absolute atomic E-state index is 0.270. The number of hydrogen-bond donors (Lipinski definition) is 1. The van der Waals surface area contributed by atoms with Crippen LogP contribution in [-0.2, 0) is 12.3 Å². The van der Waals surface area contributed by atoms with Crippen LogP contribution in [0.4, 0.5) is 0 Å². The summed E-state index contributed by atoms with van der Waals surface area (Å²) in [5, 5.41) is 20.2. The van der Waals surface area contributed by atoms with E-state index in [0.717, 1.165) is 41.0 Å². The van der Waals surface area contributed by atoms with Gasteiger partial charge >= 0.3 is 0 Å². The quantitative estimate of drug-likeness (QED) is 0.745. The number of hydrogen-bond acceptors (Lipinski definition) is 3. The summed E-state index contributed by atoms with van der Waals surface area (Å²) in [4.78, 5) is 0. The number of phenols is 1. The molecule has 3 aromatic rings. The summed E-state index contributed by atoms with van der Waals surface area (Å²) < 4.78 is 2.00. The van der Waals surface area contributed by atoms with Crippen LogP contribution in [0.1, 0.15) is 25.0 Å². The van der Waals surface area contributed by atoms with Crippen molar-refractivity contribution in [1.82, 2.24) is 14.8 Å². The zero-order valence-electron chi connectivity index (χ0n) is 11.8. The van der Waals surface area contributed by atoms with E-state index in [1.54, 1.807) is 6.07 Å². The van der Waals surface area contributed by atoms with Crippen LogP contribution in [0.3, 0.4) is 0 Å². The Bertz CT molecular complexity index is 782. The monoisotopic (exact) mass is 301 g/mol. The molecule has 1 aromatic heterocycles. The number of halogens is 1. The van der Waals surface area contributed by atoms with Crippen molar-refractivity contribution in [1.29, 1.82) is 0 Å². The molecule has 21 heavy (non-hydrogen) atoms. The molecule has 0 atom stereocenters. The predicted octanol–water partition coefficient (Wildman–Crippen LogP) is 3.82. The van der Waals surface area contributed by atoms with E-state index in [9.17, 15) is 5.11 Å². The topological polar surface area (TPSA) is 50.9 Å². The second-order valence-corrected chi connectivity index (χ2v) is 5.17. The Morgan fingerprint density at radius 3 is 2.52 bits per heavy atom. The molecule has 0 radical (unpaired) electrons. The highest BCUT2D eigenvalue weighted by Gasteiger charge is 2.15. The molecule has 2 aromatic carbocycles. The Balaban J connectivity index is 2.30. The third-order valence-electron chi connectivity index (χ3n) is 3.51. The van der Waals surface area contributed by atoms with Crippen LogP contribution < -0.4 is 0 Å². The number of alkyl halides is 1. The SMILES string of the molecule is CCCc1nnc(CCl)n1-c1cccc2c(O)cccc12. The average Bonchev–Trinajstić information content (AvgIpc) is 2.90. The van der Waals surface area contributed by atoms with Crippen LogP contribution in [0, 0.1) is 0 Å². The summed E-state index contributed by atoms with van der Waals surface area (Å²) in [5.41, 5.74) is 0.951. The van der Waals surface area contributed by atoms with Gasteiger partial charge in [0.15, 0.2) is 5.82 Å². The van der Waals surface area contributed by atoms with Crippen LogP contribution in [0.2, 0.25) is 0 Å². The highest BCUT2D eigenvalue weighted by atomic mass is 35.5. The zero-order valence-corrected chi connectivity index (χ0v) is 12.5. The Hall–Kier alpha value is -2.07. The molecule has 0 saturated heterocycles. The first kappa shape index (κ1) is 13.9. The second kappa shape index (κ2) is 5.74. The summed E-state index contributed by atoms with van der Waals surface area (Å²) in [6.45, 7) is 2.11. The van der Waals surface area contributed by atoms with Crippen LogP contribution >= 0.6 is 11.6 Å². The van der Waals surface area contributed by atoms with E-state index >= 15 is 0 Å². The van der Waals surface area contributed by atoms with Gasteiger partial charge in [0.1, 0.15) is 11.6 Å². The lowest BCUT2D eigenvalue weighted by molar-refractivity contribution is 0.481. The molecule has 0 aliphatic heterocycles. The Kier molecular flexibility index (Phi) is 3.80. The molecule has 0 spiro atoms. The van der Waals surface area contributed by atoms with E-state index in [0.29, 0.717) is 5.88 Å². The van der Waals surface area contributed by atoms with Gasteiger partial charge in [-0.15, -0.1) is 21.8 Å². The maximum atomic E-state index is 10.0. The van der Waals surface area contributed by atoms with Crippen LogP contribution in [-0.4, -0.2) is 19.9 Å². The summed E-state index contributed by atoms with van der Waals surface area (Å²) in [7, 11) is 0. The molecule has 5 heteroatoms. The van der Waals surface area contributed by atoms with Crippen LogP contribution in [0.15, 0.2) is 36.4 Å². The van der Waals surface area contributed by atoms with Gasteiger partial charge in [-0.1, -0.05) is 31.2 Å². The van der Waals surface area contributed by atoms with Crippen LogP contribution in [0.5, 0.6) is 5.75 Å². The molecule has 0 amide bonds. The van der Waals surface area contributed by atoms with Gasteiger partial charge in [0, 0.05) is 17.2 Å². The molecule has 1 heterocycles. The summed E-state index contributed by atoms with van der Waals surface area (Å²) in [6, 6.07) is 11.3.